The summed E-state index contributed by atoms with van der Waals surface area (Å²) in [6, 6.07) is 6.61. The van der Waals surface area contributed by atoms with Crippen molar-refractivity contribution in [1.29, 1.82) is 0 Å². The maximum atomic E-state index is 11.3. The van der Waals surface area contributed by atoms with E-state index in [0.29, 0.717) is 11.4 Å². The van der Waals surface area contributed by atoms with Gasteiger partial charge in [0.05, 0.1) is 11.4 Å². The molecule has 0 aliphatic carbocycles. The number of hydrogen-bond donors (Lipinski definition) is 3. The molecule has 0 atom stereocenters. The van der Waals surface area contributed by atoms with Gasteiger partial charge >= 0.3 is 11.8 Å². The van der Waals surface area contributed by atoms with E-state index >= 15 is 0 Å². The van der Waals surface area contributed by atoms with Crippen molar-refractivity contribution in [3.8, 4) is 0 Å². The van der Waals surface area contributed by atoms with Crippen molar-refractivity contribution in [2.75, 3.05) is 17.7 Å². The smallest absolute Gasteiger partial charge is 0.313 e. The number of carbonyl (C=O) groups excluding carboxylic acids is 3. The summed E-state index contributed by atoms with van der Waals surface area (Å²) in [5.74, 6) is -1.79. The quantitative estimate of drug-likeness (QED) is 0.645. The van der Waals surface area contributed by atoms with Crippen LogP contribution in [0.25, 0.3) is 0 Å². The predicted octanol–water partition coefficient (Wildman–Crippen LogP) is 0.329. The largest absolute Gasteiger partial charge is 0.351 e. The fourth-order valence-corrected chi connectivity index (χ4v) is 1.18. The van der Waals surface area contributed by atoms with Gasteiger partial charge in [-0.2, -0.15) is 0 Å². The first-order valence-electron chi connectivity index (χ1n) is 4.94. The summed E-state index contributed by atoms with van der Waals surface area (Å²) < 4.78 is 0. The molecule has 0 unspecified atom stereocenters. The molecule has 0 bridgehead atoms. The molecule has 6 heteroatoms. The third-order valence-electron chi connectivity index (χ3n) is 1.92. The lowest BCUT2D eigenvalue weighted by molar-refractivity contribution is -0.135. The standard InChI is InChI=1S/C11H13N3O3/c1-7(15)13-8-5-3-4-6-9(8)14-11(17)10(16)12-2/h3-6H,1-2H3,(H,12,16)(H,13,15)(H,14,17). The molecule has 0 aliphatic heterocycles. The van der Waals surface area contributed by atoms with Crippen LogP contribution in [0.15, 0.2) is 24.3 Å². The summed E-state index contributed by atoms with van der Waals surface area (Å²) in [6.07, 6.45) is 0. The van der Waals surface area contributed by atoms with Gasteiger partial charge in [-0.25, -0.2) is 0 Å². The van der Waals surface area contributed by atoms with Gasteiger partial charge in [0.1, 0.15) is 0 Å². The molecular weight excluding hydrogens is 222 g/mol. The highest BCUT2D eigenvalue weighted by atomic mass is 16.2. The average Bonchev–Trinajstić information content (AvgIpc) is 2.29. The Kier molecular flexibility index (Phi) is 4.21. The van der Waals surface area contributed by atoms with Crippen LogP contribution in [-0.2, 0) is 14.4 Å². The normalized spacial score (nSPS) is 9.29. The zero-order valence-electron chi connectivity index (χ0n) is 9.53. The second-order valence-electron chi connectivity index (χ2n) is 3.26. The van der Waals surface area contributed by atoms with Gasteiger partial charge in [0.25, 0.3) is 0 Å². The minimum absolute atomic E-state index is 0.258. The number of nitrogens with one attached hydrogen (secondary N) is 3. The Morgan fingerprint density at radius 2 is 1.47 bits per heavy atom. The first-order valence-corrected chi connectivity index (χ1v) is 4.94. The van der Waals surface area contributed by atoms with Gasteiger partial charge in [-0.05, 0) is 12.1 Å². The summed E-state index contributed by atoms with van der Waals surface area (Å²) >= 11 is 0. The van der Waals surface area contributed by atoms with Crippen LogP contribution in [0.1, 0.15) is 6.92 Å². The van der Waals surface area contributed by atoms with E-state index in [1.807, 2.05) is 0 Å². The number of benzene rings is 1. The van der Waals surface area contributed by atoms with Crippen LogP contribution in [0.3, 0.4) is 0 Å². The van der Waals surface area contributed by atoms with Gasteiger partial charge in [0.15, 0.2) is 0 Å². The lowest BCUT2D eigenvalue weighted by Gasteiger charge is -2.10. The Morgan fingerprint density at radius 3 is 1.94 bits per heavy atom. The van der Waals surface area contributed by atoms with E-state index in [1.54, 1.807) is 24.3 Å². The van der Waals surface area contributed by atoms with Gasteiger partial charge in [0, 0.05) is 14.0 Å². The maximum absolute atomic E-state index is 11.3. The number of rotatable bonds is 2. The highest BCUT2D eigenvalue weighted by Crippen LogP contribution is 2.20. The molecule has 3 N–H and O–H groups in total. The molecule has 0 saturated carbocycles. The number of hydrogen-bond acceptors (Lipinski definition) is 3. The van der Waals surface area contributed by atoms with Crippen LogP contribution in [0.5, 0.6) is 0 Å². The summed E-state index contributed by atoms with van der Waals surface area (Å²) in [5.41, 5.74) is 0.813. The molecule has 6 nitrogen and oxygen atoms in total. The zero-order chi connectivity index (χ0) is 12.8. The highest BCUT2D eigenvalue weighted by Gasteiger charge is 2.13. The van der Waals surface area contributed by atoms with E-state index in [9.17, 15) is 14.4 Å². The third kappa shape index (κ3) is 3.60. The van der Waals surface area contributed by atoms with Crippen LogP contribution in [-0.4, -0.2) is 24.8 Å². The number of amides is 3. The van der Waals surface area contributed by atoms with Crippen LogP contribution in [0.2, 0.25) is 0 Å². The minimum Gasteiger partial charge on any atom is -0.351 e. The predicted molar refractivity (Wildman–Crippen MR) is 63.4 cm³/mol. The average molecular weight is 235 g/mol. The molecule has 0 saturated heterocycles. The summed E-state index contributed by atoms with van der Waals surface area (Å²) in [5, 5.41) is 7.16. The van der Waals surface area contributed by atoms with Crippen molar-refractivity contribution in [2.45, 2.75) is 6.92 Å². The summed E-state index contributed by atoms with van der Waals surface area (Å²) in [7, 11) is 1.36. The van der Waals surface area contributed by atoms with Crippen LogP contribution < -0.4 is 16.0 Å². The molecule has 0 heterocycles. The number of anilines is 2. The zero-order valence-corrected chi connectivity index (χ0v) is 9.53. The van der Waals surface area contributed by atoms with E-state index in [2.05, 4.69) is 16.0 Å². The van der Waals surface area contributed by atoms with Crippen LogP contribution in [0.4, 0.5) is 11.4 Å². The Labute approximate surface area is 98.4 Å². The van der Waals surface area contributed by atoms with E-state index in [4.69, 9.17) is 0 Å². The number of likely N-dealkylation sites (N-methyl/N-ethyl adjacent to an activating group) is 1. The molecule has 1 rings (SSSR count). The van der Waals surface area contributed by atoms with E-state index < -0.39 is 11.8 Å². The minimum atomic E-state index is -0.787. The van der Waals surface area contributed by atoms with Gasteiger partial charge < -0.3 is 16.0 Å². The molecule has 0 aromatic heterocycles. The van der Waals surface area contributed by atoms with Crippen molar-refractivity contribution < 1.29 is 14.4 Å². The second kappa shape index (κ2) is 5.64. The molecule has 0 fully saturated rings. The van der Waals surface area contributed by atoms with Crippen molar-refractivity contribution in [2.24, 2.45) is 0 Å². The monoisotopic (exact) mass is 235 g/mol. The molecular formula is C11H13N3O3. The Morgan fingerprint density at radius 1 is 0.941 bits per heavy atom. The molecule has 0 radical (unpaired) electrons. The van der Waals surface area contributed by atoms with Crippen molar-refractivity contribution in [3.63, 3.8) is 0 Å². The van der Waals surface area contributed by atoms with Crippen molar-refractivity contribution in [1.82, 2.24) is 5.32 Å². The SMILES string of the molecule is CNC(=O)C(=O)Nc1ccccc1NC(C)=O. The van der Waals surface area contributed by atoms with Crippen molar-refractivity contribution in [3.05, 3.63) is 24.3 Å². The molecule has 17 heavy (non-hydrogen) atoms. The molecule has 3 amide bonds. The van der Waals surface area contributed by atoms with E-state index in [-0.39, 0.29) is 5.91 Å². The lowest BCUT2D eigenvalue weighted by atomic mass is 10.2. The van der Waals surface area contributed by atoms with Gasteiger partial charge in [0.2, 0.25) is 5.91 Å². The Balaban J connectivity index is 2.87. The first-order chi connectivity index (χ1) is 8.04. The fraction of sp³-hybridized carbons (Fsp3) is 0.182. The molecule has 90 valence electrons. The lowest BCUT2D eigenvalue weighted by Crippen LogP contribution is -2.32. The Bertz CT molecular complexity index is 457. The Hall–Kier alpha value is -2.37. The summed E-state index contributed by atoms with van der Waals surface area (Å²) in [6.45, 7) is 1.36. The molecule has 0 aliphatic rings. The van der Waals surface area contributed by atoms with E-state index in [1.165, 1.54) is 14.0 Å². The van der Waals surface area contributed by atoms with Gasteiger partial charge in [-0.15, -0.1) is 0 Å². The molecule has 0 spiro atoms. The van der Waals surface area contributed by atoms with Gasteiger partial charge in [-0.3, -0.25) is 14.4 Å². The third-order valence-corrected chi connectivity index (χ3v) is 1.92. The fourth-order valence-electron chi connectivity index (χ4n) is 1.18. The van der Waals surface area contributed by atoms with Crippen LogP contribution in [0, 0.1) is 0 Å². The molecule has 1 aromatic carbocycles. The highest BCUT2D eigenvalue weighted by molar-refractivity contribution is 6.39. The number of para-hydroxylation sites is 2. The topological polar surface area (TPSA) is 87.3 Å². The van der Waals surface area contributed by atoms with Gasteiger partial charge in [-0.1, -0.05) is 12.1 Å². The van der Waals surface area contributed by atoms with Crippen molar-refractivity contribution >= 4 is 29.1 Å². The summed E-state index contributed by atoms with van der Waals surface area (Å²) in [4.78, 5) is 33.3. The first kappa shape index (κ1) is 12.7. The number of carbonyl (C=O) groups is 3. The van der Waals surface area contributed by atoms with E-state index in [0.717, 1.165) is 0 Å². The van der Waals surface area contributed by atoms with Crippen LogP contribution >= 0.6 is 0 Å². The maximum Gasteiger partial charge on any atom is 0.313 e. The molecule has 1 aromatic rings. The second-order valence-corrected chi connectivity index (χ2v) is 3.26.